The minimum absolute atomic E-state index is 0.169. The smallest absolute Gasteiger partial charge is 0.338 e. The van der Waals surface area contributed by atoms with Crippen LogP contribution in [0, 0.1) is 0 Å². The van der Waals surface area contributed by atoms with Gasteiger partial charge >= 0.3 is 11.9 Å². The first-order valence-electron chi connectivity index (χ1n) is 15.7. The van der Waals surface area contributed by atoms with Crippen LogP contribution in [0.25, 0.3) is 0 Å². The fourth-order valence-corrected chi connectivity index (χ4v) is 5.27. The van der Waals surface area contributed by atoms with Crippen LogP contribution in [0.4, 0.5) is 0 Å². The van der Waals surface area contributed by atoms with Gasteiger partial charge in [0.1, 0.15) is 13.2 Å². The third-order valence-corrected chi connectivity index (χ3v) is 7.43. The van der Waals surface area contributed by atoms with E-state index in [9.17, 15) is 9.59 Å². The topological polar surface area (TPSA) is 89.5 Å². The predicted molar refractivity (Wildman–Crippen MR) is 174 cm³/mol. The van der Waals surface area contributed by atoms with Gasteiger partial charge in [0.25, 0.3) is 0 Å². The van der Waals surface area contributed by atoms with Crippen molar-refractivity contribution >= 4 is 11.9 Å². The summed E-state index contributed by atoms with van der Waals surface area (Å²) in [6.07, 6.45) is 0. The Morgan fingerprint density at radius 3 is 1.02 bits per heavy atom. The Balaban J connectivity index is 1.82. The van der Waals surface area contributed by atoms with Crippen LogP contribution in [0.5, 0.6) is 0 Å². The Labute approximate surface area is 271 Å². The lowest BCUT2D eigenvalue weighted by Crippen LogP contribution is -2.16. The fourth-order valence-electron chi connectivity index (χ4n) is 5.27. The second kappa shape index (κ2) is 18.0. The molecular weight excluding hydrogens is 584 g/mol. The molecule has 0 heterocycles. The first-order valence-corrected chi connectivity index (χ1v) is 15.7. The van der Waals surface area contributed by atoms with Crippen LogP contribution in [-0.4, -0.2) is 38.4 Å². The second-order valence-electron chi connectivity index (χ2n) is 10.5. The Kier molecular flexibility index (Phi) is 13.5. The molecule has 0 spiro atoms. The highest BCUT2D eigenvalue weighted by Crippen LogP contribution is 2.43. The molecule has 0 saturated carbocycles. The molecule has 4 aromatic carbocycles. The zero-order valence-electron chi connectivity index (χ0n) is 26.9. The maximum absolute atomic E-state index is 12.5. The Bertz CT molecular complexity index is 1380. The highest BCUT2D eigenvalue weighted by Gasteiger charge is 2.29. The summed E-state index contributed by atoms with van der Waals surface area (Å²) in [7, 11) is 0. The minimum Gasteiger partial charge on any atom is -0.462 e. The van der Waals surface area contributed by atoms with Crippen molar-refractivity contribution in [2.45, 2.75) is 52.7 Å². The lowest BCUT2D eigenvalue weighted by atomic mass is 9.73. The molecule has 4 aromatic rings. The van der Waals surface area contributed by atoms with Crippen LogP contribution < -0.4 is 0 Å². The van der Waals surface area contributed by atoms with Crippen LogP contribution in [0.1, 0.15) is 93.6 Å². The van der Waals surface area contributed by atoms with E-state index in [2.05, 4.69) is 24.3 Å². The van der Waals surface area contributed by atoms with Gasteiger partial charge in [-0.2, -0.15) is 0 Å². The third-order valence-electron chi connectivity index (χ3n) is 7.43. The number of esters is 2. The Morgan fingerprint density at radius 2 is 0.739 bits per heavy atom. The molecule has 0 bridgehead atoms. The normalized spacial score (nSPS) is 12.3. The fraction of sp³-hybridized carbons (Fsp3) is 0.316. The zero-order valence-corrected chi connectivity index (χ0v) is 26.9. The summed E-state index contributed by atoms with van der Waals surface area (Å²) in [5.41, 5.74) is 7.07. The van der Waals surface area contributed by atoms with E-state index in [4.69, 9.17) is 29.0 Å². The van der Waals surface area contributed by atoms with Gasteiger partial charge in [0.15, 0.2) is 0 Å². The quantitative estimate of drug-likeness (QED) is 0.0505. The van der Waals surface area contributed by atoms with E-state index in [1.54, 1.807) is 38.1 Å². The molecule has 46 heavy (non-hydrogen) atoms. The van der Waals surface area contributed by atoms with Crippen molar-refractivity contribution in [1.82, 2.24) is 0 Å². The summed E-state index contributed by atoms with van der Waals surface area (Å²) in [5.74, 6) is -1.06. The third kappa shape index (κ3) is 9.34. The van der Waals surface area contributed by atoms with Gasteiger partial charge in [0.2, 0.25) is 0 Å². The van der Waals surface area contributed by atoms with Crippen molar-refractivity contribution in [1.29, 1.82) is 0 Å². The largest absolute Gasteiger partial charge is 0.462 e. The van der Waals surface area contributed by atoms with E-state index in [1.165, 1.54) is 0 Å². The summed E-state index contributed by atoms with van der Waals surface area (Å²) < 4.78 is 10.5. The average molecular weight is 627 g/mol. The first kappa shape index (κ1) is 34.5. The maximum Gasteiger partial charge on any atom is 0.338 e. The number of benzene rings is 4. The highest BCUT2D eigenvalue weighted by molar-refractivity contribution is 5.90. The van der Waals surface area contributed by atoms with E-state index in [0.29, 0.717) is 50.8 Å². The van der Waals surface area contributed by atoms with Gasteiger partial charge in [0, 0.05) is 11.8 Å². The molecular formula is C38H42O8. The summed E-state index contributed by atoms with van der Waals surface area (Å²) >= 11 is 0. The van der Waals surface area contributed by atoms with Gasteiger partial charge in [0.05, 0.1) is 37.6 Å². The van der Waals surface area contributed by atoms with Gasteiger partial charge in [-0.3, -0.25) is 0 Å². The number of hydrogen-bond acceptors (Lipinski definition) is 8. The molecule has 242 valence electrons. The zero-order chi connectivity index (χ0) is 32.7. The molecule has 0 fully saturated rings. The Hall–Kier alpha value is -4.34. The van der Waals surface area contributed by atoms with Crippen molar-refractivity contribution in [2.75, 3.05) is 26.4 Å². The number of carbonyl (C=O) groups excluding carboxylic acids is 2. The molecule has 0 amide bonds. The predicted octanol–water partition coefficient (Wildman–Crippen LogP) is 7.94. The maximum atomic E-state index is 12.5. The van der Waals surface area contributed by atoms with Crippen molar-refractivity contribution in [2.24, 2.45) is 0 Å². The van der Waals surface area contributed by atoms with Crippen LogP contribution >= 0.6 is 0 Å². The SMILES string of the molecule is CCOOCc1ccc(C(c2ccc(C(=O)OCC)cc2)C(c2ccc(COOCC)cc2)c2ccc(C(=O)OCC)cc2)cc1. The first-order chi connectivity index (χ1) is 22.5. The van der Waals surface area contributed by atoms with Crippen molar-refractivity contribution in [3.63, 3.8) is 0 Å². The molecule has 0 N–H and O–H groups in total. The number of carbonyl (C=O) groups is 2. The van der Waals surface area contributed by atoms with Gasteiger partial charge in [-0.25, -0.2) is 29.1 Å². The van der Waals surface area contributed by atoms with E-state index >= 15 is 0 Å². The van der Waals surface area contributed by atoms with Gasteiger partial charge < -0.3 is 9.47 Å². The van der Waals surface area contributed by atoms with E-state index < -0.39 is 0 Å². The van der Waals surface area contributed by atoms with Crippen LogP contribution in [-0.2, 0) is 42.2 Å². The minimum atomic E-state index is -0.361. The van der Waals surface area contributed by atoms with Crippen LogP contribution in [0.3, 0.4) is 0 Å². The van der Waals surface area contributed by atoms with E-state index in [0.717, 1.165) is 33.4 Å². The molecule has 4 rings (SSSR count). The summed E-state index contributed by atoms with van der Waals surface area (Å²) in [4.78, 5) is 45.7. The summed E-state index contributed by atoms with van der Waals surface area (Å²) in [5, 5.41) is 0. The lowest BCUT2D eigenvalue weighted by molar-refractivity contribution is -0.300. The monoisotopic (exact) mass is 626 g/mol. The number of rotatable bonds is 17. The molecule has 2 atom stereocenters. The van der Waals surface area contributed by atoms with Gasteiger partial charge in [-0.1, -0.05) is 72.8 Å². The standard InChI is InChI=1S/C38H42O8/c1-5-41-37(39)33-21-17-31(18-22-33)35(29-13-9-27(10-14-29)25-45-43-7-3)36(30-15-11-28(12-16-30)26-46-44-8-4)32-19-23-34(24-20-32)38(40)42-6-2/h9-24,35-36H,5-8,25-26H2,1-4H3. The molecule has 8 nitrogen and oxygen atoms in total. The molecule has 0 aromatic heterocycles. The van der Waals surface area contributed by atoms with Crippen molar-refractivity contribution in [3.8, 4) is 0 Å². The summed E-state index contributed by atoms with van der Waals surface area (Å²) in [6, 6.07) is 31.6. The molecule has 0 aliphatic carbocycles. The highest BCUT2D eigenvalue weighted by atomic mass is 17.2. The molecule has 2 unspecified atom stereocenters. The molecule has 8 heteroatoms. The lowest BCUT2D eigenvalue weighted by Gasteiger charge is -2.30. The van der Waals surface area contributed by atoms with Gasteiger partial charge in [-0.05, 0) is 85.3 Å². The summed E-state index contributed by atoms with van der Waals surface area (Å²) in [6.45, 7) is 9.53. The van der Waals surface area contributed by atoms with Crippen molar-refractivity contribution < 1.29 is 38.6 Å². The Morgan fingerprint density at radius 1 is 0.435 bits per heavy atom. The molecule has 0 aliphatic rings. The molecule has 0 saturated heterocycles. The number of hydrogen-bond donors (Lipinski definition) is 0. The second-order valence-corrected chi connectivity index (χ2v) is 10.5. The van der Waals surface area contributed by atoms with E-state index in [-0.39, 0.29) is 23.8 Å². The molecule has 0 aliphatic heterocycles. The van der Waals surface area contributed by atoms with Gasteiger partial charge in [-0.15, -0.1) is 0 Å². The van der Waals surface area contributed by atoms with Crippen molar-refractivity contribution in [3.05, 3.63) is 142 Å². The van der Waals surface area contributed by atoms with E-state index in [1.807, 2.05) is 62.4 Å². The molecule has 0 radical (unpaired) electrons. The average Bonchev–Trinajstić information content (AvgIpc) is 3.09. The van der Waals surface area contributed by atoms with Crippen LogP contribution in [0.15, 0.2) is 97.1 Å². The van der Waals surface area contributed by atoms with Crippen LogP contribution in [0.2, 0.25) is 0 Å². The number of ether oxygens (including phenoxy) is 2.